The van der Waals surface area contributed by atoms with Crippen molar-refractivity contribution >= 4 is 11.3 Å². The molecule has 2 heteroatoms. The lowest BCUT2D eigenvalue weighted by Gasteiger charge is -1.85. The molecule has 0 radical (unpaired) electrons. The van der Waals surface area contributed by atoms with Crippen LogP contribution >= 0.6 is 11.3 Å². The lowest BCUT2D eigenvalue weighted by atomic mass is 10.2. The number of nitriles is 1. The standard InChI is InChI=1S/C7H7NS/c1-6-3-5-9-7(6)2-4-8/h3,5H,2H2,1H3. The molecule has 0 bridgehead atoms. The number of thiophene rings is 1. The highest BCUT2D eigenvalue weighted by Gasteiger charge is 1.95. The van der Waals surface area contributed by atoms with Crippen LogP contribution in [0.4, 0.5) is 0 Å². The van der Waals surface area contributed by atoms with Crippen LogP contribution in [0.5, 0.6) is 0 Å². The van der Waals surface area contributed by atoms with Gasteiger partial charge in [-0.3, -0.25) is 0 Å². The van der Waals surface area contributed by atoms with E-state index in [4.69, 9.17) is 5.26 Å². The van der Waals surface area contributed by atoms with Gasteiger partial charge in [0.2, 0.25) is 0 Å². The normalized spacial score (nSPS) is 8.89. The van der Waals surface area contributed by atoms with E-state index in [0.717, 1.165) is 0 Å². The smallest absolute Gasteiger partial charge is 0.0698 e. The summed E-state index contributed by atoms with van der Waals surface area (Å²) in [6.07, 6.45) is 0.559. The molecular weight excluding hydrogens is 130 g/mol. The second-order valence-corrected chi connectivity index (χ2v) is 2.86. The maximum Gasteiger partial charge on any atom is 0.0698 e. The molecule has 0 aromatic carbocycles. The van der Waals surface area contributed by atoms with Crippen LogP contribution < -0.4 is 0 Å². The minimum atomic E-state index is 0.559. The van der Waals surface area contributed by atoms with Crippen molar-refractivity contribution in [3.05, 3.63) is 21.9 Å². The Morgan fingerprint density at radius 1 is 1.78 bits per heavy atom. The molecule has 0 amide bonds. The molecule has 0 fully saturated rings. The van der Waals surface area contributed by atoms with Crippen molar-refractivity contribution in [2.24, 2.45) is 0 Å². The summed E-state index contributed by atoms with van der Waals surface area (Å²) >= 11 is 1.65. The van der Waals surface area contributed by atoms with Gasteiger partial charge in [0, 0.05) is 4.88 Å². The predicted molar refractivity (Wildman–Crippen MR) is 38.4 cm³/mol. The molecule has 0 saturated heterocycles. The second kappa shape index (κ2) is 2.65. The third-order valence-corrected chi connectivity index (χ3v) is 2.23. The summed E-state index contributed by atoms with van der Waals surface area (Å²) in [6.45, 7) is 2.03. The van der Waals surface area contributed by atoms with E-state index in [2.05, 4.69) is 6.07 Å². The average Bonchev–Trinajstić information content (AvgIpc) is 2.18. The average molecular weight is 137 g/mol. The van der Waals surface area contributed by atoms with Gasteiger partial charge >= 0.3 is 0 Å². The third kappa shape index (κ3) is 1.30. The van der Waals surface area contributed by atoms with Gasteiger partial charge < -0.3 is 0 Å². The van der Waals surface area contributed by atoms with Crippen molar-refractivity contribution in [2.45, 2.75) is 13.3 Å². The molecule has 0 N–H and O–H groups in total. The summed E-state index contributed by atoms with van der Waals surface area (Å²) in [5, 5.41) is 10.3. The zero-order chi connectivity index (χ0) is 6.69. The molecule has 9 heavy (non-hydrogen) atoms. The van der Waals surface area contributed by atoms with Gasteiger partial charge in [0.25, 0.3) is 0 Å². The summed E-state index contributed by atoms with van der Waals surface area (Å²) < 4.78 is 0. The summed E-state index contributed by atoms with van der Waals surface area (Å²) in [7, 11) is 0. The zero-order valence-corrected chi connectivity index (χ0v) is 6.03. The van der Waals surface area contributed by atoms with Crippen LogP contribution in [-0.4, -0.2) is 0 Å². The lowest BCUT2D eigenvalue weighted by Crippen LogP contribution is -1.75. The molecule has 0 spiro atoms. The highest BCUT2D eigenvalue weighted by molar-refractivity contribution is 7.10. The van der Waals surface area contributed by atoms with E-state index in [9.17, 15) is 0 Å². The van der Waals surface area contributed by atoms with Crippen LogP contribution in [0.2, 0.25) is 0 Å². The van der Waals surface area contributed by atoms with Gasteiger partial charge in [0.15, 0.2) is 0 Å². The fourth-order valence-corrected chi connectivity index (χ4v) is 1.50. The van der Waals surface area contributed by atoms with Crippen LogP contribution in [-0.2, 0) is 6.42 Å². The molecule has 0 saturated carbocycles. The van der Waals surface area contributed by atoms with Crippen LogP contribution in [0.3, 0.4) is 0 Å². The molecule has 0 aliphatic rings. The molecule has 0 atom stereocenters. The number of nitrogens with zero attached hydrogens (tertiary/aromatic N) is 1. The van der Waals surface area contributed by atoms with Gasteiger partial charge in [-0.25, -0.2) is 0 Å². The van der Waals surface area contributed by atoms with Gasteiger partial charge in [-0.15, -0.1) is 11.3 Å². The van der Waals surface area contributed by atoms with Gasteiger partial charge in [0.1, 0.15) is 0 Å². The molecule has 1 rings (SSSR count). The van der Waals surface area contributed by atoms with Gasteiger partial charge in [-0.05, 0) is 23.9 Å². The maximum absolute atomic E-state index is 8.32. The molecule has 1 heterocycles. The van der Waals surface area contributed by atoms with E-state index in [0.29, 0.717) is 6.42 Å². The lowest BCUT2D eigenvalue weighted by molar-refractivity contribution is 1.28. The van der Waals surface area contributed by atoms with E-state index in [1.54, 1.807) is 11.3 Å². The predicted octanol–water partition coefficient (Wildman–Crippen LogP) is 2.12. The molecule has 1 nitrogen and oxygen atoms in total. The second-order valence-electron chi connectivity index (χ2n) is 1.86. The van der Waals surface area contributed by atoms with E-state index >= 15 is 0 Å². The number of aryl methyl sites for hydroxylation is 1. The van der Waals surface area contributed by atoms with Crippen molar-refractivity contribution in [1.29, 1.82) is 5.26 Å². The highest BCUT2D eigenvalue weighted by atomic mass is 32.1. The Hall–Kier alpha value is -0.810. The number of hydrogen-bond donors (Lipinski definition) is 0. The summed E-state index contributed by atoms with van der Waals surface area (Å²) in [6, 6.07) is 4.16. The Kier molecular flexibility index (Phi) is 1.86. The van der Waals surface area contributed by atoms with E-state index in [1.807, 2.05) is 18.4 Å². The molecule has 1 aromatic heterocycles. The first kappa shape index (κ1) is 6.31. The van der Waals surface area contributed by atoms with Gasteiger partial charge in [0.05, 0.1) is 12.5 Å². The Morgan fingerprint density at radius 2 is 2.56 bits per heavy atom. The topological polar surface area (TPSA) is 23.8 Å². The van der Waals surface area contributed by atoms with Crippen LogP contribution in [0, 0.1) is 18.3 Å². The first-order chi connectivity index (χ1) is 4.34. The summed E-state index contributed by atoms with van der Waals surface area (Å²) in [4.78, 5) is 1.19. The Balaban J connectivity index is 2.84. The molecule has 0 aliphatic heterocycles. The fraction of sp³-hybridized carbons (Fsp3) is 0.286. The van der Waals surface area contributed by atoms with E-state index < -0.39 is 0 Å². The van der Waals surface area contributed by atoms with Crippen molar-refractivity contribution in [1.82, 2.24) is 0 Å². The molecular formula is C7H7NS. The Labute approximate surface area is 58.6 Å². The molecule has 0 aliphatic carbocycles. The first-order valence-electron chi connectivity index (χ1n) is 2.74. The zero-order valence-electron chi connectivity index (χ0n) is 5.22. The fourth-order valence-electron chi connectivity index (χ4n) is 0.657. The van der Waals surface area contributed by atoms with Crippen molar-refractivity contribution in [3.8, 4) is 6.07 Å². The minimum absolute atomic E-state index is 0.559. The largest absolute Gasteiger partial charge is 0.198 e. The van der Waals surface area contributed by atoms with E-state index in [-0.39, 0.29) is 0 Å². The van der Waals surface area contributed by atoms with Crippen LogP contribution in [0.15, 0.2) is 11.4 Å². The summed E-state index contributed by atoms with van der Waals surface area (Å²) in [5.74, 6) is 0. The van der Waals surface area contributed by atoms with Gasteiger partial charge in [-0.2, -0.15) is 5.26 Å². The number of rotatable bonds is 1. The highest BCUT2D eigenvalue weighted by Crippen LogP contribution is 2.14. The molecule has 1 aromatic rings. The summed E-state index contributed by atoms with van der Waals surface area (Å²) in [5.41, 5.74) is 1.24. The minimum Gasteiger partial charge on any atom is -0.198 e. The van der Waals surface area contributed by atoms with Gasteiger partial charge in [-0.1, -0.05) is 0 Å². The van der Waals surface area contributed by atoms with Crippen molar-refractivity contribution in [2.75, 3.05) is 0 Å². The van der Waals surface area contributed by atoms with Crippen molar-refractivity contribution < 1.29 is 0 Å². The maximum atomic E-state index is 8.32. The van der Waals surface area contributed by atoms with Crippen molar-refractivity contribution in [3.63, 3.8) is 0 Å². The Morgan fingerprint density at radius 3 is 3.00 bits per heavy atom. The van der Waals surface area contributed by atoms with E-state index in [1.165, 1.54) is 10.4 Å². The Bertz CT molecular complexity index is 231. The molecule has 46 valence electrons. The molecule has 0 unspecified atom stereocenters. The monoisotopic (exact) mass is 137 g/mol. The van der Waals surface area contributed by atoms with Crippen LogP contribution in [0.1, 0.15) is 10.4 Å². The first-order valence-corrected chi connectivity index (χ1v) is 3.62. The SMILES string of the molecule is Cc1ccsc1CC#N. The quantitative estimate of drug-likeness (QED) is 0.581. The van der Waals surface area contributed by atoms with Crippen LogP contribution in [0.25, 0.3) is 0 Å². The number of hydrogen-bond acceptors (Lipinski definition) is 2. The third-order valence-electron chi connectivity index (χ3n) is 1.21.